The number of esters is 1. The molecule has 1 amide bonds. The molecule has 0 atom stereocenters. The highest BCUT2D eigenvalue weighted by atomic mass is 32.2. The number of carbonyl (C=O) groups excluding carboxylic acids is 2. The first-order valence-electron chi connectivity index (χ1n) is 9.27. The molecule has 0 spiro atoms. The van der Waals surface area contributed by atoms with Crippen LogP contribution in [-0.4, -0.2) is 31.8 Å². The van der Waals surface area contributed by atoms with Crippen LogP contribution in [0.4, 0.5) is 5.69 Å². The molecule has 8 nitrogen and oxygen atoms in total. The van der Waals surface area contributed by atoms with Gasteiger partial charge in [0.2, 0.25) is 15.9 Å². The van der Waals surface area contributed by atoms with Crippen LogP contribution < -0.4 is 10.0 Å². The zero-order chi connectivity index (χ0) is 22.4. The van der Waals surface area contributed by atoms with Gasteiger partial charge in [0.15, 0.2) is 0 Å². The van der Waals surface area contributed by atoms with Crippen molar-refractivity contribution in [3.63, 3.8) is 0 Å². The third-order valence-electron chi connectivity index (χ3n) is 4.12. The van der Waals surface area contributed by atoms with Gasteiger partial charge in [0.05, 0.1) is 10.6 Å². The standard InChI is InChI=1S/C21H21N3O5S2/c1-14-3-5-16(6-4-14)21-24-18(13-30-21)12-29-20(26)11-22-31(27,28)19-9-7-17(8-10-19)23-15(2)25/h3-10,13,22H,11-12H2,1-2H3,(H,23,25). The SMILES string of the molecule is CC(=O)Nc1ccc(S(=O)(=O)NCC(=O)OCc2csc(-c3ccc(C)cc3)n2)cc1. The fraction of sp³-hybridized carbons (Fsp3) is 0.190. The van der Waals surface area contributed by atoms with Gasteiger partial charge < -0.3 is 10.1 Å². The summed E-state index contributed by atoms with van der Waals surface area (Å²) in [6.45, 7) is 2.80. The summed E-state index contributed by atoms with van der Waals surface area (Å²) in [7, 11) is -3.90. The third-order valence-corrected chi connectivity index (χ3v) is 6.48. The van der Waals surface area contributed by atoms with Crippen molar-refractivity contribution in [1.29, 1.82) is 0 Å². The van der Waals surface area contributed by atoms with Gasteiger partial charge in [0, 0.05) is 23.6 Å². The molecule has 0 saturated heterocycles. The zero-order valence-electron chi connectivity index (χ0n) is 16.9. The number of aryl methyl sites for hydroxylation is 1. The van der Waals surface area contributed by atoms with Crippen LogP contribution in [0.15, 0.2) is 58.8 Å². The second-order valence-electron chi connectivity index (χ2n) is 6.70. The van der Waals surface area contributed by atoms with Crippen molar-refractivity contribution in [3.8, 4) is 10.6 Å². The van der Waals surface area contributed by atoms with Crippen molar-refractivity contribution in [1.82, 2.24) is 9.71 Å². The number of sulfonamides is 1. The molecule has 3 rings (SSSR count). The van der Waals surface area contributed by atoms with E-state index in [0.717, 1.165) is 16.1 Å². The Labute approximate surface area is 184 Å². The quantitative estimate of drug-likeness (QED) is 0.500. The minimum Gasteiger partial charge on any atom is -0.458 e. The maximum atomic E-state index is 12.3. The molecular formula is C21H21N3O5S2. The van der Waals surface area contributed by atoms with Crippen molar-refractivity contribution in [2.45, 2.75) is 25.3 Å². The number of hydrogen-bond donors (Lipinski definition) is 2. The van der Waals surface area contributed by atoms with Gasteiger partial charge in [-0.3, -0.25) is 9.59 Å². The molecule has 0 radical (unpaired) electrons. The number of aromatic nitrogens is 1. The Kier molecular flexibility index (Phi) is 7.16. The van der Waals surface area contributed by atoms with Crippen molar-refractivity contribution >= 4 is 38.9 Å². The maximum Gasteiger partial charge on any atom is 0.321 e. The number of nitrogens with one attached hydrogen (secondary N) is 2. The molecule has 2 aromatic carbocycles. The second kappa shape index (κ2) is 9.82. The van der Waals surface area contributed by atoms with Gasteiger partial charge in [-0.2, -0.15) is 4.72 Å². The Bertz CT molecular complexity index is 1170. The molecule has 0 aliphatic rings. The monoisotopic (exact) mass is 459 g/mol. The van der Waals surface area contributed by atoms with Gasteiger partial charge in [-0.05, 0) is 31.2 Å². The number of amides is 1. The fourth-order valence-corrected chi connectivity index (χ4v) is 4.34. The van der Waals surface area contributed by atoms with E-state index < -0.39 is 22.5 Å². The smallest absolute Gasteiger partial charge is 0.321 e. The van der Waals surface area contributed by atoms with Crippen LogP contribution in [0.5, 0.6) is 0 Å². The Morgan fingerprint density at radius 1 is 1.06 bits per heavy atom. The summed E-state index contributed by atoms with van der Waals surface area (Å²) in [4.78, 5) is 27.4. The number of anilines is 1. The Balaban J connectivity index is 1.50. The molecule has 0 aliphatic carbocycles. The van der Waals surface area contributed by atoms with Crippen LogP contribution in [0.1, 0.15) is 18.2 Å². The van der Waals surface area contributed by atoms with Crippen molar-refractivity contribution in [2.75, 3.05) is 11.9 Å². The van der Waals surface area contributed by atoms with Crippen LogP contribution in [0.25, 0.3) is 10.6 Å². The summed E-state index contributed by atoms with van der Waals surface area (Å²) in [5.41, 5.74) is 3.19. The number of benzene rings is 2. The van der Waals surface area contributed by atoms with Gasteiger partial charge in [0.1, 0.15) is 18.2 Å². The molecule has 162 valence electrons. The normalized spacial score (nSPS) is 11.2. The topological polar surface area (TPSA) is 114 Å². The number of hydrogen-bond acceptors (Lipinski definition) is 7. The maximum absolute atomic E-state index is 12.3. The number of nitrogens with zero attached hydrogens (tertiary/aromatic N) is 1. The van der Waals surface area contributed by atoms with Gasteiger partial charge in [-0.1, -0.05) is 29.8 Å². The second-order valence-corrected chi connectivity index (χ2v) is 9.33. The Morgan fingerprint density at radius 3 is 2.39 bits per heavy atom. The first kappa shape index (κ1) is 22.6. The van der Waals surface area contributed by atoms with E-state index in [2.05, 4.69) is 15.0 Å². The Morgan fingerprint density at radius 2 is 1.74 bits per heavy atom. The average Bonchev–Trinajstić information content (AvgIpc) is 3.20. The van der Waals surface area contributed by atoms with Gasteiger partial charge >= 0.3 is 5.97 Å². The molecule has 3 aromatic rings. The molecule has 0 unspecified atom stereocenters. The Hall–Kier alpha value is -3.08. The third kappa shape index (κ3) is 6.45. The lowest BCUT2D eigenvalue weighted by Gasteiger charge is -2.08. The molecule has 10 heteroatoms. The molecule has 2 N–H and O–H groups in total. The fourth-order valence-electron chi connectivity index (χ4n) is 2.57. The summed E-state index contributed by atoms with van der Waals surface area (Å²) in [5, 5.41) is 5.16. The molecular weight excluding hydrogens is 438 g/mol. The zero-order valence-corrected chi connectivity index (χ0v) is 18.5. The molecule has 0 fully saturated rings. The van der Waals surface area contributed by atoms with E-state index in [4.69, 9.17) is 4.74 Å². The highest BCUT2D eigenvalue weighted by Crippen LogP contribution is 2.24. The molecule has 0 aliphatic heterocycles. The van der Waals surface area contributed by atoms with E-state index in [-0.39, 0.29) is 17.4 Å². The van der Waals surface area contributed by atoms with E-state index in [1.165, 1.54) is 42.5 Å². The molecule has 1 aromatic heterocycles. The first-order valence-corrected chi connectivity index (χ1v) is 11.6. The lowest BCUT2D eigenvalue weighted by Crippen LogP contribution is -2.30. The van der Waals surface area contributed by atoms with Gasteiger partial charge in [-0.15, -0.1) is 11.3 Å². The van der Waals surface area contributed by atoms with E-state index in [1.807, 2.05) is 31.2 Å². The molecule has 0 bridgehead atoms. The van der Waals surface area contributed by atoms with Crippen LogP contribution in [-0.2, 0) is 31.0 Å². The lowest BCUT2D eigenvalue weighted by molar-refractivity contribution is -0.143. The van der Waals surface area contributed by atoms with Gasteiger partial charge in [0.25, 0.3) is 0 Å². The summed E-state index contributed by atoms with van der Waals surface area (Å²) >= 11 is 1.44. The van der Waals surface area contributed by atoms with Crippen molar-refractivity contribution in [2.24, 2.45) is 0 Å². The number of ether oxygens (including phenoxy) is 1. The first-order chi connectivity index (χ1) is 14.7. The summed E-state index contributed by atoms with van der Waals surface area (Å²) in [6, 6.07) is 13.5. The highest BCUT2D eigenvalue weighted by molar-refractivity contribution is 7.89. The number of carbonyl (C=O) groups is 2. The molecule has 31 heavy (non-hydrogen) atoms. The van der Waals surface area contributed by atoms with E-state index in [1.54, 1.807) is 5.38 Å². The van der Waals surface area contributed by atoms with Crippen LogP contribution in [0, 0.1) is 6.92 Å². The minimum absolute atomic E-state index is 0.0309. The highest BCUT2D eigenvalue weighted by Gasteiger charge is 2.16. The van der Waals surface area contributed by atoms with Gasteiger partial charge in [-0.25, -0.2) is 13.4 Å². The number of thiazole rings is 1. The predicted molar refractivity (Wildman–Crippen MR) is 118 cm³/mol. The van der Waals surface area contributed by atoms with Crippen LogP contribution in [0.3, 0.4) is 0 Å². The lowest BCUT2D eigenvalue weighted by atomic mass is 10.2. The summed E-state index contributed by atoms with van der Waals surface area (Å²) in [6.07, 6.45) is 0. The van der Waals surface area contributed by atoms with Crippen molar-refractivity contribution in [3.05, 3.63) is 65.2 Å². The largest absolute Gasteiger partial charge is 0.458 e. The average molecular weight is 460 g/mol. The van der Waals surface area contributed by atoms with E-state index >= 15 is 0 Å². The summed E-state index contributed by atoms with van der Waals surface area (Å²) < 4.78 is 31.9. The predicted octanol–water partition coefficient (Wildman–Crippen LogP) is 3.10. The van der Waals surface area contributed by atoms with E-state index in [9.17, 15) is 18.0 Å². The number of rotatable bonds is 8. The van der Waals surface area contributed by atoms with Crippen molar-refractivity contribution < 1.29 is 22.7 Å². The molecule has 1 heterocycles. The van der Waals surface area contributed by atoms with Crippen LogP contribution in [0.2, 0.25) is 0 Å². The molecule has 0 saturated carbocycles. The van der Waals surface area contributed by atoms with E-state index in [0.29, 0.717) is 11.4 Å². The minimum atomic E-state index is -3.90. The van der Waals surface area contributed by atoms with Crippen LogP contribution >= 0.6 is 11.3 Å². The summed E-state index contributed by atoms with van der Waals surface area (Å²) in [5.74, 6) is -0.981.